The molecule has 38 heavy (non-hydrogen) atoms. The molecule has 2 aromatic rings. The van der Waals surface area contributed by atoms with Crippen molar-refractivity contribution >= 4 is 28.5 Å². The number of benzene rings is 3. The fourth-order valence-electron chi connectivity index (χ4n) is 4.40. The van der Waals surface area contributed by atoms with Crippen LogP contribution in [0, 0.1) is 0 Å². The van der Waals surface area contributed by atoms with Crippen molar-refractivity contribution in [1.29, 1.82) is 0 Å². The van der Waals surface area contributed by atoms with Crippen LogP contribution >= 0.6 is 0 Å². The standard InChI is InChI=1S/C29H32N4O5/c1-32(2)19-8-11-22-25(16-19)38-26-17-20(33(3)4)9-12-23(26)27(22)24-15-18(7-10-21(24)29(35)36)28(34)31-13-5-6-14-37-30/h7-12,15-17H,5-6,13-14,30H2,1-4H3,(H-,31,34,35,36). The fourth-order valence-corrected chi connectivity index (χ4v) is 4.40. The highest BCUT2D eigenvalue weighted by Gasteiger charge is 2.22. The lowest BCUT2D eigenvalue weighted by Crippen LogP contribution is -2.26. The number of hydrogen-bond donors (Lipinski definition) is 2. The number of fused-ring (bicyclic) bond motifs is 2. The highest BCUT2D eigenvalue weighted by atomic mass is 16.6. The van der Waals surface area contributed by atoms with Gasteiger partial charge in [-0.15, -0.1) is 0 Å². The van der Waals surface area contributed by atoms with Gasteiger partial charge in [0.05, 0.1) is 18.6 Å². The minimum Gasteiger partial charge on any atom is -0.545 e. The number of carbonyl (C=O) groups is 2. The number of carboxylic acid groups (broad SMARTS) is 1. The van der Waals surface area contributed by atoms with E-state index in [-0.39, 0.29) is 11.5 Å². The first kappa shape index (κ1) is 26.8. The summed E-state index contributed by atoms with van der Waals surface area (Å²) in [7, 11) is 7.75. The van der Waals surface area contributed by atoms with Crippen LogP contribution in [-0.4, -0.2) is 53.2 Å². The Labute approximate surface area is 221 Å². The van der Waals surface area contributed by atoms with Gasteiger partial charge in [-0.1, -0.05) is 6.07 Å². The van der Waals surface area contributed by atoms with E-state index in [2.05, 4.69) is 10.2 Å². The number of carboxylic acids is 1. The second kappa shape index (κ2) is 11.5. The summed E-state index contributed by atoms with van der Waals surface area (Å²) in [5, 5.41) is 16.8. The van der Waals surface area contributed by atoms with E-state index in [4.69, 9.17) is 10.3 Å². The number of anilines is 1. The predicted molar refractivity (Wildman–Crippen MR) is 146 cm³/mol. The zero-order valence-electron chi connectivity index (χ0n) is 22.0. The number of amides is 1. The molecule has 0 bridgehead atoms. The average molecular weight is 517 g/mol. The number of unbranched alkanes of at least 4 members (excludes halogenated alkanes) is 1. The molecule has 1 heterocycles. The van der Waals surface area contributed by atoms with E-state index in [9.17, 15) is 14.7 Å². The first-order valence-corrected chi connectivity index (χ1v) is 12.3. The lowest BCUT2D eigenvalue weighted by molar-refractivity contribution is -0.254. The lowest BCUT2D eigenvalue weighted by Gasteiger charge is -2.20. The summed E-state index contributed by atoms with van der Waals surface area (Å²) in [6.45, 7) is 0.848. The maximum atomic E-state index is 12.9. The molecule has 0 radical (unpaired) electrons. The van der Waals surface area contributed by atoms with Crippen LogP contribution in [0.4, 0.5) is 5.69 Å². The van der Waals surface area contributed by atoms with Gasteiger partial charge >= 0.3 is 0 Å². The van der Waals surface area contributed by atoms with Gasteiger partial charge in [0.15, 0.2) is 0 Å². The van der Waals surface area contributed by atoms with Gasteiger partial charge in [0.2, 0.25) is 5.36 Å². The number of hydrogen-bond acceptors (Lipinski definition) is 7. The Hall–Kier alpha value is -4.21. The molecule has 1 aliphatic heterocycles. The Kier molecular flexibility index (Phi) is 8.09. The molecule has 2 aromatic carbocycles. The molecule has 2 aliphatic rings. The van der Waals surface area contributed by atoms with E-state index in [1.165, 1.54) is 12.1 Å². The number of aromatic carboxylic acids is 1. The molecule has 1 aliphatic carbocycles. The van der Waals surface area contributed by atoms with Gasteiger partial charge in [0, 0.05) is 66.1 Å². The molecule has 0 spiro atoms. The third-order valence-corrected chi connectivity index (χ3v) is 6.47. The maximum Gasteiger partial charge on any atom is 0.251 e. The van der Waals surface area contributed by atoms with Crippen molar-refractivity contribution in [2.75, 3.05) is 46.2 Å². The molecule has 3 N–H and O–H groups in total. The third-order valence-electron chi connectivity index (χ3n) is 6.47. The maximum absolute atomic E-state index is 12.9. The highest BCUT2D eigenvalue weighted by Crippen LogP contribution is 2.42. The number of nitrogens with one attached hydrogen (secondary N) is 1. The van der Waals surface area contributed by atoms with Crippen molar-refractivity contribution in [2.24, 2.45) is 5.90 Å². The summed E-state index contributed by atoms with van der Waals surface area (Å²) >= 11 is 0. The van der Waals surface area contributed by atoms with Crippen LogP contribution in [0.25, 0.3) is 33.4 Å². The summed E-state index contributed by atoms with van der Waals surface area (Å²) in [6, 6.07) is 16.1. The van der Waals surface area contributed by atoms with Crippen LogP contribution in [0.2, 0.25) is 0 Å². The molecule has 0 saturated heterocycles. The van der Waals surface area contributed by atoms with E-state index in [0.717, 1.165) is 22.0 Å². The van der Waals surface area contributed by atoms with E-state index in [1.54, 1.807) is 6.07 Å². The van der Waals surface area contributed by atoms with Crippen LogP contribution in [0.3, 0.4) is 0 Å². The second-order valence-electron chi connectivity index (χ2n) is 9.51. The first-order chi connectivity index (χ1) is 18.2. The molecule has 9 heteroatoms. The van der Waals surface area contributed by atoms with Crippen molar-refractivity contribution in [3.63, 3.8) is 0 Å². The zero-order chi connectivity index (χ0) is 27.4. The quantitative estimate of drug-likeness (QED) is 0.151. The Bertz CT molecular complexity index is 1540. The second-order valence-corrected chi connectivity index (χ2v) is 9.51. The largest absolute Gasteiger partial charge is 0.545 e. The fraction of sp³-hybridized carbons (Fsp3) is 0.276. The average Bonchev–Trinajstić information content (AvgIpc) is 2.90. The predicted octanol–water partition coefficient (Wildman–Crippen LogP) is 2.07. The number of rotatable bonds is 9. The van der Waals surface area contributed by atoms with Gasteiger partial charge in [-0.05, 0) is 48.7 Å². The molecule has 1 amide bonds. The molecule has 0 atom stereocenters. The van der Waals surface area contributed by atoms with Crippen molar-refractivity contribution in [1.82, 2.24) is 9.89 Å². The SMILES string of the molecule is CN(C)c1ccc2c(-c3cc(C(=O)NCCCCON)ccc3C(=O)[O-])c3ccc(=[N+](C)C)cc-3oc2c1. The van der Waals surface area contributed by atoms with E-state index in [1.807, 2.05) is 74.1 Å². The summed E-state index contributed by atoms with van der Waals surface area (Å²) in [5.74, 6) is 4.01. The molecule has 0 unspecified atom stereocenters. The Morgan fingerprint density at radius 1 is 1.03 bits per heavy atom. The number of nitrogens with two attached hydrogens (primary N) is 1. The van der Waals surface area contributed by atoms with Gasteiger partial charge in [-0.25, -0.2) is 10.5 Å². The van der Waals surface area contributed by atoms with Crippen LogP contribution in [0.15, 0.2) is 59.0 Å². The molecule has 4 rings (SSSR count). The molecular weight excluding hydrogens is 484 g/mol. The Morgan fingerprint density at radius 2 is 1.82 bits per heavy atom. The topological polar surface area (TPSA) is 124 Å². The normalized spacial score (nSPS) is 11.1. The summed E-state index contributed by atoms with van der Waals surface area (Å²) in [6.07, 6.45) is 1.41. The molecule has 9 nitrogen and oxygen atoms in total. The van der Waals surface area contributed by atoms with Gasteiger partial charge < -0.3 is 29.4 Å². The Balaban J connectivity index is 1.94. The van der Waals surface area contributed by atoms with Crippen molar-refractivity contribution in [3.05, 3.63) is 71.1 Å². The smallest absolute Gasteiger partial charge is 0.251 e. The monoisotopic (exact) mass is 516 g/mol. The Morgan fingerprint density at radius 3 is 2.50 bits per heavy atom. The summed E-state index contributed by atoms with van der Waals surface area (Å²) in [5.41, 5.74) is 3.63. The van der Waals surface area contributed by atoms with Gasteiger partial charge in [0.25, 0.3) is 5.91 Å². The summed E-state index contributed by atoms with van der Waals surface area (Å²) in [4.78, 5) is 31.7. The lowest BCUT2D eigenvalue weighted by atomic mass is 9.89. The third kappa shape index (κ3) is 5.53. The zero-order valence-corrected chi connectivity index (χ0v) is 22.0. The van der Waals surface area contributed by atoms with E-state index >= 15 is 0 Å². The van der Waals surface area contributed by atoms with E-state index < -0.39 is 5.97 Å². The van der Waals surface area contributed by atoms with Crippen LogP contribution in [-0.2, 0) is 4.84 Å². The van der Waals surface area contributed by atoms with E-state index in [0.29, 0.717) is 54.0 Å². The summed E-state index contributed by atoms with van der Waals surface area (Å²) < 4.78 is 8.30. The molecular formula is C29H32N4O5. The highest BCUT2D eigenvalue weighted by molar-refractivity contribution is 6.09. The first-order valence-electron chi connectivity index (χ1n) is 12.3. The number of carbonyl (C=O) groups excluding carboxylic acids is 2. The van der Waals surface area contributed by atoms with Crippen molar-refractivity contribution in [2.45, 2.75) is 12.8 Å². The van der Waals surface area contributed by atoms with Gasteiger partial charge in [-0.2, -0.15) is 0 Å². The van der Waals surface area contributed by atoms with Crippen LogP contribution in [0.5, 0.6) is 0 Å². The molecule has 0 aromatic heterocycles. The van der Waals surface area contributed by atoms with Crippen LogP contribution in [0.1, 0.15) is 33.6 Å². The van der Waals surface area contributed by atoms with Crippen molar-refractivity contribution < 1.29 is 24.0 Å². The molecule has 0 fully saturated rings. The number of nitrogens with zero attached hydrogens (tertiary/aromatic N) is 2. The van der Waals surface area contributed by atoms with Crippen molar-refractivity contribution in [3.8, 4) is 22.5 Å². The van der Waals surface area contributed by atoms with Gasteiger partial charge in [0.1, 0.15) is 25.4 Å². The minimum absolute atomic E-state index is 0.0104. The van der Waals surface area contributed by atoms with Gasteiger partial charge in [-0.3, -0.25) is 4.79 Å². The molecule has 198 valence electrons. The minimum atomic E-state index is -1.33. The molecule has 0 saturated carbocycles. The van der Waals surface area contributed by atoms with Crippen LogP contribution < -0.4 is 31.2 Å².